The van der Waals surface area contributed by atoms with Gasteiger partial charge in [-0.25, -0.2) is 4.98 Å². The summed E-state index contributed by atoms with van der Waals surface area (Å²) in [7, 11) is 0. The highest BCUT2D eigenvalue weighted by Crippen LogP contribution is 2.24. The highest BCUT2D eigenvalue weighted by molar-refractivity contribution is 5.70. The van der Waals surface area contributed by atoms with Crippen LogP contribution < -0.4 is 10.6 Å². The average Bonchev–Trinajstić information content (AvgIpc) is 2.48. The number of nitrogen functional groups attached to an aromatic ring is 1. The van der Waals surface area contributed by atoms with Gasteiger partial charge in [-0.2, -0.15) is 5.26 Å². The Bertz CT molecular complexity index is 607. The minimum absolute atomic E-state index is 0.00919. The first-order valence-electron chi connectivity index (χ1n) is 6.30. The summed E-state index contributed by atoms with van der Waals surface area (Å²) >= 11 is 0. The summed E-state index contributed by atoms with van der Waals surface area (Å²) in [6.45, 7) is 0.971. The van der Waals surface area contributed by atoms with Gasteiger partial charge in [0.15, 0.2) is 5.82 Å². The van der Waals surface area contributed by atoms with Gasteiger partial charge in [-0.15, -0.1) is 0 Å². The first-order valence-corrected chi connectivity index (χ1v) is 6.30. The van der Waals surface area contributed by atoms with Crippen molar-refractivity contribution in [2.24, 2.45) is 0 Å². The molecule has 5 nitrogen and oxygen atoms in total. The molecule has 1 aromatic heterocycles. The third kappa shape index (κ3) is 3.05. The Kier molecular flexibility index (Phi) is 4.53. The first-order chi connectivity index (χ1) is 9.76. The van der Waals surface area contributed by atoms with Crippen LogP contribution in [0.25, 0.3) is 0 Å². The number of aliphatic hydroxyl groups excluding tert-OH is 1. The molecular weight excluding hydrogens is 252 g/mol. The number of nitrogens with zero attached hydrogens (tertiary/aromatic N) is 3. The minimum atomic E-state index is -0.00919. The summed E-state index contributed by atoms with van der Waals surface area (Å²) in [6, 6.07) is 13.5. The number of anilines is 2. The van der Waals surface area contributed by atoms with Crippen LogP contribution in [0, 0.1) is 11.3 Å². The van der Waals surface area contributed by atoms with Crippen LogP contribution in [0.5, 0.6) is 0 Å². The molecule has 3 N–H and O–H groups in total. The van der Waals surface area contributed by atoms with Gasteiger partial charge in [0.2, 0.25) is 0 Å². The molecule has 5 heteroatoms. The van der Waals surface area contributed by atoms with Crippen molar-refractivity contribution in [3.63, 3.8) is 0 Å². The number of rotatable bonds is 5. The molecule has 1 aromatic carbocycles. The molecule has 2 rings (SSSR count). The number of hydrogen-bond donors (Lipinski definition) is 2. The summed E-state index contributed by atoms with van der Waals surface area (Å²) in [6.07, 6.45) is 1.56. The number of aromatic nitrogens is 1. The zero-order chi connectivity index (χ0) is 14.4. The maximum atomic E-state index is 9.22. The molecule has 1 heterocycles. The Morgan fingerprint density at radius 3 is 2.65 bits per heavy atom. The molecular formula is C15H16N4O. The molecule has 0 atom stereocenters. The number of nitriles is 1. The van der Waals surface area contributed by atoms with E-state index in [2.05, 4.69) is 4.98 Å². The molecule has 0 amide bonds. The molecule has 0 aliphatic carbocycles. The summed E-state index contributed by atoms with van der Waals surface area (Å²) < 4.78 is 0. The summed E-state index contributed by atoms with van der Waals surface area (Å²) in [5.41, 5.74) is 7.80. The normalized spacial score (nSPS) is 10.0. The van der Waals surface area contributed by atoms with Crippen molar-refractivity contribution in [1.29, 1.82) is 5.26 Å². The Balaban J connectivity index is 2.32. The number of pyridine rings is 1. The lowest BCUT2D eigenvalue weighted by Gasteiger charge is -2.24. The van der Waals surface area contributed by atoms with E-state index in [1.54, 1.807) is 12.3 Å². The lowest BCUT2D eigenvalue weighted by Crippen LogP contribution is -2.28. The number of aliphatic hydroxyl groups is 1. The highest BCUT2D eigenvalue weighted by atomic mass is 16.3. The van der Waals surface area contributed by atoms with Crippen LogP contribution in [0.2, 0.25) is 0 Å². The number of hydrogen-bond acceptors (Lipinski definition) is 5. The van der Waals surface area contributed by atoms with Crippen LogP contribution in [0.15, 0.2) is 42.6 Å². The Labute approximate surface area is 117 Å². The van der Waals surface area contributed by atoms with Crippen molar-refractivity contribution >= 4 is 11.5 Å². The van der Waals surface area contributed by atoms with Crippen LogP contribution >= 0.6 is 0 Å². The average molecular weight is 268 g/mol. The monoisotopic (exact) mass is 268 g/mol. The van der Waals surface area contributed by atoms with Gasteiger partial charge < -0.3 is 15.7 Å². The van der Waals surface area contributed by atoms with Crippen molar-refractivity contribution < 1.29 is 5.11 Å². The van der Waals surface area contributed by atoms with Crippen LogP contribution in [-0.4, -0.2) is 23.2 Å². The maximum absolute atomic E-state index is 9.22. The van der Waals surface area contributed by atoms with Gasteiger partial charge in [0, 0.05) is 19.3 Å². The standard InChI is InChI=1S/C15H16N4O/c16-10-13-6-7-18-15(14(13)17)19(8-9-20)11-12-4-2-1-3-5-12/h1-7,20H,8-9,11,17H2. The summed E-state index contributed by atoms with van der Waals surface area (Å²) in [4.78, 5) is 6.11. The number of benzene rings is 1. The van der Waals surface area contributed by atoms with E-state index in [0.717, 1.165) is 5.56 Å². The molecule has 0 saturated carbocycles. The van der Waals surface area contributed by atoms with Crippen LogP contribution in [0.4, 0.5) is 11.5 Å². The molecule has 0 saturated heterocycles. The number of nitrogens with two attached hydrogens (primary N) is 1. The smallest absolute Gasteiger partial charge is 0.153 e. The van der Waals surface area contributed by atoms with Gasteiger partial charge in [-0.3, -0.25) is 0 Å². The third-order valence-electron chi connectivity index (χ3n) is 2.98. The molecule has 0 bridgehead atoms. The first kappa shape index (κ1) is 13.8. The molecule has 0 radical (unpaired) electrons. The van der Waals surface area contributed by atoms with Gasteiger partial charge in [-0.1, -0.05) is 30.3 Å². The lowest BCUT2D eigenvalue weighted by atomic mass is 10.2. The van der Waals surface area contributed by atoms with Crippen LogP contribution in [0.3, 0.4) is 0 Å². The van der Waals surface area contributed by atoms with Crippen LogP contribution in [-0.2, 0) is 6.54 Å². The van der Waals surface area contributed by atoms with Crippen molar-refractivity contribution in [3.05, 3.63) is 53.7 Å². The van der Waals surface area contributed by atoms with Gasteiger partial charge in [0.05, 0.1) is 17.9 Å². The molecule has 2 aromatic rings. The highest BCUT2D eigenvalue weighted by Gasteiger charge is 2.14. The Morgan fingerprint density at radius 2 is 2.00 bits per heavy atom. The van der Waals surface area contributed by atoms with Gasteiger partial charge in [0.25, 0.3) is 0 Å². The summed E-state index contributed by atoms with van der Waals surface area (Å²) in [5, 5.41) is 18.2. The topological polar surface area (TPSA) is 86.2 Å². The fraction of sp³-hybridized carbons (Fsp3) is 0.200. The van der Waals surface area contributed by atoms with E-state index >= 15 is 0 Å². The third-order valence-corrected chi connectivity index (χ3v) is 2.98. The quantitative estimate of drug-likeness (QED) is 0.859. The predicted octanol–water partition coefficient (Wildman–Crippen LogP) is 1.53. The van der Waals surface area contributed by atoms with Gasteiger partial charge >= 0.3 is 0 Å². The van der Waals surface area contributed by atoms with E-state index in [4.69, 9.17) is 11.0 Å². The van der Waals surface area contributed by atoms with E-state index in [9.17, 15) is 5.11 Å². The molecule has 0 aliphatic heterocycles. The molecule has 0 aliphatic rings. The lowest BCUT2D eigenvalue weighted by molar-refractivity contribution is 0.301. The second kappa shape index (κ2) is 6.55. The van der Waals surface area contributed by atoms with E-state index in [1.807, 2.05) is 41.3 Å². The zero-order valence-corrected chi connectivity index (χ0v) is 11.0. The van der Waals surface area contributed by atoms with E-state index in [0.29, 0.717) is 30.2 Å². The van der Waals surface area contributed by atoms with Crippen molar-refractivity contribution in [2.45, 2.75) is 6.54 Å². The van der Waals surface area contributed by atoms with Crippen molar-refractivity contribution in [1.82, 2.24) is 4.98 Å². The summed E-state index contributed by atoms with van der Waals surface area (Å²) in [5.74, 6) is 0.530. The molecule has 102 valence electrons. The molecule has 0 unspecified atom stereocenters. The van der Waals surface area contributed by atoms with Crippen molar-refractivity contribution in [3.8, 4) is 6.07 Å². The molecule has 0 spiro atoms. The van der Waals surface area contributed by atoms with Crippen molar-refractivity contribution in [2.75, 3.05) is 23.8 Å². The van der Waals surface area contributed by atoms with E-state index < -0.39 is 0 Å². The fourth-order valence-corrected chi connectivity index (χ4v) is 2.00. The van der Waals surface area contributed by atoms with Crippen LogP contribution in [0.1, 0.15) is 11.1 Å². The predicted molar refractivity (Wildman–Crippen MR) is 77.9 cm³/mol. The van der Waals surface area contributed by atoms with E-state index in [-0.39, 0.29) is 6.61 Å². The molecule has 20 heavy (non-hydrogen) atoms. The zero-order valence-electron chi connectivity index (χ0n) is 11.0. The minimum Gasteiger partial charge on any atom is -0.395 e. The Morgan fingerprint density at radius 1 is 1.25 bits per heavy atom. The molecule has 0 fully saturated rings. The SMILES string of the molecule is N#Cc1ccnc(N(CCO)Cc2ccccc2)c1N. The second-order valence-corrected chi connectivity index (χ2v) is 4.34. The largest absolute Gasteiger partial charge is 0.395 e. The second-order valence-electron chi connectivity index (χ2n) is 4.34. The van der Waals surface area contributed by atoms with E-state index in [1.165, 1.54) is 0 Å². The fourth-order valence-electron chi connectivity index (χ4n) is 2.00. The maximum Gasteiger partial charge on any atom is 0.153 e. The Hall–Kier alpha value is -2.58. The van der Waals surface area contributed by atoms with Gasteiger partial charge in [0.1, 0.15) is 6.07 Å². The van der Waals surface area contributed by atoms with Gasteiger partial charge in [-0.05, 0) is 11.6 Å².